The Morgan fingerprint density at radius 3 is 2.46 bits per heavy atom. The smallest absolute Gasteiger partial charge is 0.242 e. The number of amides is 2. The van der Waals surface area contributed by atoms with E-state index < -0.39 is 0 Å². The monoisotopic (exact) mass is 477 g/mol. The van der Waals surface area contributed by atoms with Gasteiger partial charge in [-0.25, -0.2) is 0 Å². The van der Waals surface area contributed by atoms with E-state index in [0.717, 1.165) is 36.8 Å². The van der Waals surface area contributed by atoms with E-state index in [0.29, 0.717) is 32.7 Å². The van der Waals surface area contributed by atoms with Gasteiger partial charge in [0.25, 0.3) is 0 Å². The van der Waals surface area contributed by atoms with Crippen LogP contribution in [0.3, 0.4) is 0 Å². The van der Waals surface area contributed by atoms with Crippen molar-refractivity contribution in [2.24, 2.45) is 0 Å². The van der Waals surface area contributed by atoms with E-state index in [1.54, 1.807) is 12.0 Å². The largest absolute Gasteiger partial charge is 0.385 e. The minimum atomic E-state index is -0.0207. The summed E-state index contributed by atoms with van der Waals surface area (Å²) in [5.41, 5.74) is 4.57. The summed E-state index contributed by atoms with van der Waals surface area (Å²) in [7, 11) is 1.66. The summed E-state index contributed by atoms with van der Waals surface area (Å²) in [6, 6.07) is 16.5. The molecule has 2 aromatic carbocycles. The Kier molecular flexibility index (Phi) is 10.4. The Morgan fingerprint density at radius 1 is 0.943 bits per heavy atom. The lowest BCUT2D eigenvalue weighted by atomic mass is 10.1. The number of para-hydroxylation sites is 1. The van der Waals surface area contributed by atoms with Crippen LogP contribution in [0.1, 0.15) is 49.3 Å². The Labute approximate surface area is 209 Å². The molecule has 1 N–H and O–H groups in total. The van der Waals surface area contributed by atoms with Gasteiger partial charge in [0.2, 0.25) is 11.8 Å². The minimum Gasteiger partial charge on any atom is -0.385 e. The highest BCUT2D eigenvalue weighted by Gasteiger charge is 2.21. The lowest BCUT2D eigenvalue weighted by molar-refractivity contribution is -0.141. The molecule has 1 heterocycles. The van der Waals surface area contributed by atoms with Crippen LogP contribution in [0.5, 0.6) is 0 Å². The van der Waals surface area contributed by atoms with Gasteiger partial charge in [0.05, 0.1) is 6.54 Å². The van der Waals surface area contributed by atoms with Crippen LogP contribution in [0, 0.1) is 6.92 Å². The predicted molar refractivity (Wildman–Crippen MR) is 141 cm³/mol. The maximum atomic E-state index is 13.6. The Bertz CT molecular complexity index is 1070. The van der Waals surface area contributed by atoms with E-state index in [2.05, 4.69) is 55.2 Å². The van der Waals surface area contributed by atoms with Crippen LogP contribution in [0.15, 0.2) is 54.7 Å². The summed E-state index contributed by atoms with van der Waals surface area (Å²) >= 11 is 0. The number of methoxy groups -OCH3 is 1. The first kappa shape index (κ1) is 26.5. The second-order valence-electron chi connectivity index (χ2n) is 9.18. The number of hydrogen-bond donors (Lipinski definition) is 1. The highest BCUT2D eigenvalue weighted by molar-refractivity contribution is 5.85. The Morgan fingerprint density at radius 2 is 1.71 bits per heavy atom. The van der Waals surface area contributed by atoms with Crippen LogP contribution in [0.2, 0.25) is 0 Å². The first-order valence-corrected chi connectivity index (χ1v) is 12.7. The average Bonchev–Trinajstić information content (AvgIpc) is 3.28. The fourth-order valence-electron chi connectivity index (χ4n) is 4.24. The van der Waals surface area contributed by atoms with Crippen molar-refractivity contribution < 1.29 is 14.3 Å². The lowest BCUT2D eigenvalue weighted by Crippen LogP contribution is -2.44. The number of ether oxygens (including phenoxy) is 1. The number of aromatic amines is 1. The Balaban J connectivity index is 1.75. The first-order valence-electron chi connectivity index (χ1n) is 12.7. The van der Waals surface area contributed by atoms with Crippen molar-refractivity contribution in [3.05, 3.63) is 71.4 Å². The number of H-pyrrole nitrogens is 1. The summed E-state index contributed by atoms with van der Waals surface area (Å²) in [4.78, 5) is 33.3. The van der Waals surface area contributed by atoms with Gasteiger partial charge in [-0.15, -0.1) is 0 Å². The van der Waals surface area contributed by atoms with Gasteiger partial charge >= 0.3 is 0 Å². The Hall–Kier alpha value is -3.12. The van der Waals surface area contributed by atoms with Gasteiger partial charge in [0.1, 0.15) is 0 Å². The van der Waals surface area contributed by atoms with Crippen LogP contribution in [-0.4, -0.2) is 59.9 Å². The summed E-state index contributed by atoms with van der Waals surface area (Å²) in [6.07, 6.45) is 5.76. The number of unbranched alkanes of at least 4 members (excludes halogenated alkanes) is 1. The highest BCUT2D eigenvalue weighted by atomic mass is 16.5. The standard InChI is InChI=1S/C29H39N3O3/c1-4-5-11-28(33)31(17-8-19-35-3)22-29(34)32(21-24-14-12-23(2)13-15-24)18-16-25-20-30-27-10-7-6-9-26(25)27/h6-7,9-10,12-15,20,30H,4-5,8,11,16-19,21-22H2,1-3H3. The van der Waals surface area contributed by atoms with E-state index in [4.69, 9.17) is 4.74 Å². The summed E-state index contributed by atoms with van der Waals surface area (Å²) in [5, 5.41) is 1.19. The molecular weight excluding hydrogens is 438 g/mol. The normalized spacial score (nSPS) is 11.1. The van der Waals surface area contributed by atoms with Crippen molar-refractivity contribution in [3.63, 3.8) is 0 Å². The number of aromatic nitrogens is 1. The van der Waals surface area contributed by atoms with Crippen LogP contribution < -0.4 is 0 Å². The molecule has 0 aliphatic heterocycles. The van der Waals surface area contributed by atoms with E-state index in [1.807, 2.05) is 23.2 Å². The number of carbonyl (C=O) groups is 2. The number of hydrogen-bond acceptors (Lipinski definition) is 3. The summed E-state index contributed by atoms with van der Waals surface area (Å²) < 4.78 is 5.17. The predicted octanol–water partition coefficient (Wildman–Crippen LogP) is 5.10. The van der Waals surface area contributed by atoms with E-state index in [-0.39, 0.29) is 18.4 Å². The molecule has 0 atom stereocenters. The van der Waals surface area contributed by atoms with Gasteiger partial charge in [-0.1, -0.05) is 61.4 Å². The first-order chi connectivity index (χ1) is 17.0. The lowest BCUT2D eigenvalue weighted by Gasteiger charge is -2.28. The van der Waals surface area contributed by atoms with Crippen LogP contribution in [0.25, 0.3) is 10.9 Å². The molecule has 0 saturated heterocycles. The number of benzene rings is 2. The molecule has 0 spiro atoms. The molecule has 0 bridgehead atoms. The molecule has 1 aromatic heterocycles. The van der Waals surface area contributed by atoms with E-state index in [1.165, 1.54) is 16.5 Å². The third kappa shape index (κ3) is 7.96. The van der Waals surface area contributed by atoms with Gasteiger partial charge in [0.15, 0.2) is 0 Å². The van der Waals surface area contributed by atoms with Crippen molar-refractivity contribution in [2.45, 2.75) is 52.5 Å². The molecule has 0 aliphatic carbocycles. The molecule has 0 radical (unpaired) electrons. The summed E-state index contributed by atoms with van der Waals surface area (Å²) in [6.45, 7) is 6.44. The van der Waals surface area contributed by atoms with Gasteiger partial charge < -0.3 is 19.5 Å². The zero-order chi connectivity index (χ0) is 25.0. The molecule has 188 valence electrons. The number of carbonyl (C=O) groups excluding carboxylic acids is 2. The topological polar surface area (TPSA) is 65.6 Å². The zero-order valence-electron chi connectivity index (χ0n) is 21.4. The molecule has 3 aromatic rings. The third-order valence-corrected chi connectivity index (χ3v) is 6.37. The van der Waals surface area contributed by atoms with Crippen LogP contribution in [0.4, 0.5) is 0 Å². The summed E-state index contributed by atoms with van der Waals surface area (Å²) in [5.74, 6) is 0.0240. The van der Waals surface area contributed by atoms with Gasteiger partial charge in [-0.05, 0) is 43.4 Å². The molecular formula is C29H39N3O3. The highest BCUT2D eigenvalue weighted by Crippen LogP contribution is 2.19. The van der Waals surface area contributed by atoms with E-state index >= 15 is 0 Å². The fraction of sp³-hybridized carbons (Fsp3) is 0.448. The number of rotatable bonds is 14. The molecule has 0 fully saturated rings. The van der Waals surface area contributed by atoms with Crippen molar-refractivity contribution in [1.82, 2.24) is 14.8 Å². The van der Waals surface area contributed by atoms with Crippen LogP contribution >= 0.6 is 0 Å². The van der Waals surface area contributed by atoms with Crippen LogP contribution in [-0.2, 0) is 27.3 Å². The van der Waals surface area contributed by atoms with Gasteiger partial charge in [-0.2, -0.15) is 0 Å². The molecule has 0 unspecified atom stereocenters. The molecule has 6 heteroatoms. The van der Waals surface area contributed by atoms with Crippen molar-refractivity contribution in [3.8, 4) is 0 Å². The molecule has 0 aliphatic rings. The molecule has 0 saturated carbocycles. The van der Waals surface area contributed by atoms with E-state index in [9.17, 15) is 9.59 Å². The SMILES string of the molecule is CCCCC(=O)N(CCCOC)CC(=O)N(CCc1c[nH]c2ccccc12)Cc1ccc(C)cc1. The number of aryl methyl sites for hydroxylation is 1. The molecule has 3 rings (SSSR count). The zero-order valence-corrected chi connectivity index (χ0v) is 21.4. The maximum absolute atomic E-state index is 13.6. The van der Waals surface area contributed by atoms with Gasteiger partial charge in [0, 0.05) is 56.9 Å². The number of fused-ring (bicyclic) bond motifs is 1. The van der Waals surface area contributed by atoms with Crippen molar-refractivity contribution in [2.75, 3.05) is 33.4 Å². The molecule has 6 nitrogen and oxygen atoms in total. The van der Waals surface area contributed by atoms with Crippen molar-refractivity contribution in [1.29, 1.82) is 0 Å². The third-order valence-electron chi connectivity index (χ3n) is 6.37. The fourth-order valence-corrected chi connectivity index (χ4v) is 4.24. The maximum Gasteiger partial charge on any atom is 0.242 e. The average molecular weight is 478 g/mol. The second-order valence-corrected chi connectivity index (χ2v) is 9.18. The second kappa shape index (κ2) is 13.7. The quantitative estimate of drug-likeness (QED) is 0.329. The van der Waals surface area contributed by atoms with Crippen molar-refractivity contribution >= 4 is 22.7 Å². The van der Waals surface area contributed by atoms with Gasteiger partial charge in [-0.3, -0.25) is 9.59 Å². The number of nitrogens with zero attached hydrogens (tertiary/aromatic N) is 2. The molecule has 2 amide bonds. The minimum absolute atomic E-state index is 0.0207. The molecule has 35 heavy (non-hydrogen) atoms. The number of nitrogens with one attached hydrogen (secondary N) is 1.